The smallest absolute Gasteiger partial charge is 0.227 e. The van der Waals surface area contributed by atoms with Gasteiger partial charge in [-0.25, -0.2) is 0 Å². The molecule has 0 unspecified atom stereocenters. The summed E-state index contributed by atoms with van der Waals surface area (Å²) in [5, 5.41) is 2.68. The van der Waals surface area contributed by atoms with Crippen molar-refractivity contribution in [3.63, 3.8) is 0 Å². The Labute approximate surface area is 105 Å². The van der Waals surface area contributed by atoms with Crippen molar-refractivity contribution in [3.05, 3.63) is 23.8 Å². The van der Waals surface area contributed by atoms with Gasteiger partial charge >= 0.3 is 0 Å². The Balaban J connectivity index is 1.94. The van der Waals surface area contributed by atoms with Crippen LogP contribution >= 0.6 is 0 Å². The van der Waals surface area contributed by atoms with E-state index in [4.69, 9.17) is 9.47 Å². The summed E-state index contributed by atoms with van der Waals surface area (Å²) in [7, 11) is 0. The van der Waals surface area contributed by atoms with Crippen LogP contribution in [0, 0.1) is 0 Å². The van der Waals surface area contributed by atoms with Crippen LogP contribution in [0.5, 0.6) is 11.5 Å². The molecule has 0 saturated heterocycles. The molecule has 1 N–H and O–H groups in total. The van der Waals surface area contributed by atoms with Gasteiger partial charge in [-0.3, -0.25) is 9.59 Å². The fraction of sp³-hybridized carbons (Fsp3) is 0.385. The van der Waals surface area contributed by atoms with Gasteiger partial charge in [0, 0.05) is 6.54 Å². The molecule has 0 aromatic heterocycles. The summed E-state index contributed by atoms with van der Waals surface area (Å²) in [5.74, 6) is 1.01. The monoisotopic (exact) mass is 249 g/mol. The Hall–Kier alpha value is -2.04. The molecule has 0 bridgehead atoms. The minimum atomic E-state index is -0.266. The molecule has 0 aliphatic carbocycles. The van der Waals surface area contributed by atoms with Crippen molar-refractivity contribution in [2.75, 3.05) is 13.2 Å². The van der Waals surface area contributed by atoms with Crippen molar-refractivity contribution in [2.24, 2.45) is 0 Å². The number of benzene rings is 1. The number of ether oxygens (including phenoxy) is 2. The van der Waals surface area contributed by atoms with Crippen LogP contribution in [0.2, 0.25) is 0 Å². The fourth-order valence-electron chi connectivity index (χ4n) is 1.69. The van der Waals surface area contributed by atoms with Crippen LogP contribution in [0.3, 0.4) is 0 Å². The summed E-state index contributed by atoms with van der Waals surface area (Å²) >= 11 is 0. The van der Waals surface area contributed by atoms with E-state index in [0.29, 0.717) is 25.5 Å². The summed E-state index contributed by atoms with van der Waals surface area (Å²) in [6.07, 6.45) is -0.0788. The molecule has 1 aliphatic heterocycles. The van der Waals surface area contributed by atoms with E-state index in [1.54, 1.807) is 0 Å². The van der Waals surface area contributed by atoms with Gasteiger partial charge in [0.15, 0.2) is 11.5 Å². The van der Waals surface area contributed by atoms with Crippen LogP contribution < -0.4 is 14.8 Å². The number of nitrogens with one attached hydrogen (secondary N) is 1. The number of Topliss-reactive ketones (excluding diaryl/α,β-unsaturated/α-hetero) is 1. The molecule has 5 nitrogen and oxygen atoms in total. The first-order valence-corrected chi connectivity index (χ1v) is 5.80. The minimum Gasteiger partial charge on any atom is -0.486 e. The lowest BCUT2D eigenvalue weighted by molar-refractivity contribution is -0.127. The maximum atomic E-state index is 11.3. The standard InChI is InChI=1S/C13H15NO4/c1-9(15)6-13(16)14-8-10-2-3-11-12(7-10)18-5-4-17-11/h2-3,7H,4-6,8H2,1H3,(H,14,16). The van der Waals surface area contributed by atoms with Gasteiger partial charge < -0.3 is 14.8 Å². The van der Waals surface area contributed by atoms with Gasteiger partial charge in [0.1, 0.15) is 19.0 Å². The lowest BCUT2D eigenvalue weighted by atomic mass is 10.2. The number of carbonyl (C=O) groups excluding carboxylic acids is 2. The van der Waals surface area contributed by atoms with Gasteiger partial charge in [-0.05, 0) is 24.6 Å². The van der Waals surface area contributed by atoms with Crippen LogP contribution in [-0.2, 0) is 16.1 Å². The van der Waals surface area contributed by atoms with E-state index >= 15 is 0 Å². The molecule has 1 heterocycles. The molecule has 0 atom stereocenters. The van der Waals surface area contributed by atoms with Gasteiger partial charge in [-0.15, -0.1) is 0 Å². The number of hydrogen-bond acceptors (Lipinski definition) is 4. The molecule has 1 aromatic carbocycles. The zero-order valence-corrected chi connectivity index (χ0v) is 10.2. The molecule has 5 heteroatoms. The van der Waals surface area contributed by atoms with Crippen LogP contribution in [0.1, 0.15) is 18.9 Å². The summed E-state index contributed by atoms with van der Waals surface area (Å²) in [4.78, 5) is 22.1. The third-order valence-electron chi connectivity index (χ3n) is 2.51. The normalized spacial score (nSPS) is 12.9. The third kappa shape index (κ3) is 3.23. The Morgan fingerprint density at radius 3 is 2.67 bits per heavy atom. The molecule has 0 fully saturated rings. The second-order valence-corrected chi connectivity index (χ2v) is 4.13. The van der Waals surface area contributed by atoms with Crippen LogP contribution in [0.25, 0.3) is 0 Å². The van der Waals surface area contributed by atoms with E-state index in [-0.39, 0.29) is 18.1 Å². The first-order chi connectivity index (χ1) is 8.65. The Morgan fingerprint density at radius 2 is 1.94 bits per heavy atom. The highest BCUT2D eigenvalue weighted by molar-refractivity contribution is 5.96. The van der Waals surface area contributed by atoms with Crippen LogP contribution in [0.4, 0.5) is 0 Å². The van der Waals surface area contributed by atoms with Crippen molar-refractivity contribution < 1.29 is 19.1 Å². The van der Waals surface area contributed by atoms with Crippen molar-refractivity contribution in [1.29, 1.82) is 0 Å². The van der Waals surface area contributed by atoms with Crippen LogP contribution in [-0.4, -0.2) is 24.9 Å². The number of fused-ring (bicyclic) bond motifs is 1. The largest absolute Gasteiger partial charge is 0.486 e. The Bertz CT molecular complexity index is 470. The van der Waals surface area contributed by atoms with E-state index in [2.05, 4.69) is 5.32 Å². The van der Waals surface area contributed by atoms with E-state index in [9.17, 15) is 9.59 Å². The van der Waals surface area contributed by atoms with E-state index in [1.165, 1.54) is 6.92 Å². The number of ketones is 1. The van der Waals surface area contributed by atoms with Gasteiger partial charge in [0.2, 0.25) is 5.91 Å². The second-order valence-electron chi connectivity index (χ2n) is 4.13. The molecular weight excluding hydrogens is 234 g/mol. The van der Waals surface area contributed by atoms with Crippen molar-refractivity contribution >= 4 is 11.7 Å². The van der Waals surface area contributed by atoms with Gasteiger partial charge in [-0.2, -0.15) is 0 Å². The highest BCUT2D eigenvalue weighted by atomic mass is 16.6. The number of hydrogen-bond donors (Lipinski definition) is 1. The predicted octanol–water partition coefficient (Wildman–Crippen LogP) is 1.05. The Morgan fingerprint density at radius 1 is 1.22 bits per heavy atom. The average molecular weight is 249 g/mol. The maximum Gasteiger partial charge on any atom is 0.227 e. The molecule has 1 amide bonds. The number of carbonyl (C=O) groups is 2. The van der Waals surface area contributed by atoms with Crippen LogP contribution in [0.15, 0.2) is 18.2 Å². The molecule has 96 valence electrons. The summed E-state index contributed by atoms with van der Waals surface area (Å²) in [6.45, 7) is 2.86. The molecule has 0 radical (unpaired) electrons. The quantitative estimate of drug-likeness (QED) is 0.810. The zero-order chi connectivity index (χ0) is 13.0. The highest BCUT2D eigenvalue weighted by Crippen LogP contribution is 2.30. The lowest BCUT2D eigenvalue weighted by Gasteiger charge is -2.18. The topological polar surface area (TPSA) is 64.6 Å². The van der Waals surface area contributed by atoms with Crippen molar-refractivity contribution in [3.8, 4) is 11.5 Å². The van der Waals surface area contributed by atoms with Crippen molar-refractivity contribution in [1.82, 2.24) is 5.32 Å². The molecule has 0 spiro atoms. The molecule has 1 aliphatic rings. The molecule has 2 rings (SSSR count). The first kappa shape index (κ1) is 12.4. The SMILES string of the molecule is CC(=O)CC(=O)NCc1ccc2c(c1)OCCO2. The fourth-order valence-corrected chi connectivity index (χ4v) is 1.69. The van der Waals surface area contributed by atoms with Gasteiger partial charge in [0.05, 0.1) is 6.42 Å². The summed E-state index contributed by atoms with van der Waals surface area (Å²) in [5.41, 5.74) is 0.913. The van der Waals surface area contributed by atoms with Gasteiger partial charge in [-0.1, -0.05) is 6.07 Å². The Kier molecular flexibility index (Phi) is 3.82. The van der Waals surface area contributed by atoms with Gasteiger partial charge in [0.25, 0.3) is 0 Å². The van der Waals surface area contributed by atoms with Crippen molar-refractivity contribution in [2.45, 2.75) is 19.9 Å². The first-order valence-electron chi connectivity index (χ1n) is 5.80. The molecule has 0 saturated carbocycles. The molecule has 1 aromatic rings. The van der Waals surface area contributed by atoms with E-state index in [0.717, 1.165) is 11.3 Å². The number of amides is 1. The molecular formula is C13H15NO4. The number of rotatable bonds is 4. The van der Waals surface area contributed by atoms with E-state index in [1.807, 2.05) is 18.2 Å². The lowest BCUT2D eigenvalue weighted by Crippen LogP contribution is -2.24. The summed E-state index contributed by atoms with van der Waals surface area (Å²) < 4.78 is 10.8. The molecule has 18 heavy (non-hydrogen) atoms. The third-order valence-corrected chi connectivity index (χ3v) is 2.51. The maximum absolute atomic E-state index is 11.3. The highest BCUT2D eigenvalue weighted by Gasteiger charge is 2.12. The predicted molar refractivity (Wildman–Crippen MR) is 64.6 cm³/mol. The summed E-state index contributed by atoms with van der Waals surface area (Å²) in [6, 6.07) is 5.52. The second kappa shape index (κ2) is 5.53. The zero-order valence-electron chi connectivity index (χ0n) is 10.2. The average Bonchev–Trinajstić information content (AvgIpc) is 2.35. The van der Waals surface area contributed by atoms with E-state index < -0.39 is 0 Å². The minimum absolute atomic E-state index is 0.0788.